The molecule has 0 aliphatic rings. The van der Waals surface area contributed by atoms with E-state index in [1.54, 1.807) is 7.11 Å². The number of hydrogen-bond acceptors (Lipinski definition) is 2. The summed E-state index contributed by atoms with van der Waals surface area (Å²) < 4.78 is 44.2. The summed E-state index contributed by atoms with van der Waals surface area (Å²) in [4.78, 5) is 0. The first kappa shape index (κ1) is 14.2. The standard InChI is InChI=1S/C15H14F3NO/c1-9-3-4-14(20-2)10(5-9)8-19-11-6-12(16)15(18)13(17)7-11/h3-7,19H,8H2,1-2H3. The van der Waals surface area contributed by atoms with Crippen molar-refractivity contribution in [2.75, 3.05) is 12.4 Å². The first-order valence-corrected chi connectivity index (χ1v) is 6.03. The average molecular weight is 281 g/mol. The fourth-order valence-corrected chi connectivity index (χ4v) is 1.90. The summed E-state index contributed by atoms with van der Waals surface area (Å²) in [5.74, 6) is -3.23. The van der Waals surface area contributed by atoms with Gasteiger partial charge in [0.25, 0.3) is 0 Å². The summed E-state index contributed by atoms with van der Waals surface area (Å²) in [5, 5.41) is 2.85. The third kappa shape index (κ3) is 3.04. The minimum atomic E-state index is -1.47. The molecular formula is C15H14F3NO. The maximum Gasteiger partial charge on any atom is 0.194 e. The Bertz CT molecular complexity index is 606. The maximum absolute atomic E-state index is 13.1. The van der Waals surface area contributed by atoms with Crippen LogP contribution in [0.2, 0.25) is 0 Å². The third-order valence-electron chi connectivity index (χ3n) is 2.90. The number of ether oxygens (including phenoxy) is 1. The molecule has 0 atom stereocenters. The van der Waals surface area contributed by atoms with Gasteiger partial charge in [-0.1, -0.05) is 17.7 Å². The average Bonchev–Trinajstić information content (AvgIpc) is 2.42. The van der Waals surface area contributed by atoms with Gasteiger partial charge in [0.15, 0.2) is 17.5 Å². The summed E-state index contributed by atoms with van der Waals surface area (Å²) in [7, 11) is 1.55. The minimum absolute atomic E-state index is 0.171. The van der Waals surface area contributed by atoms with Gasteiger partial charge in [0, 0.05) is 29.9 Å². The maximum atomic E-state index is 13.1. The van der Waals surface area contributed by atoms with Gasteiger partial charge in [0.1, 0.15) is 5.75 Å². The highest BCUT2D eigenvalue weighted by Gasteiger charge is 2.11. The van der Waals surface area contributed by atoms with E-state index in [9.17, 15) is 13.2 Å². The van der Waals surface area contributed by atoms with Crippen molar-refractivity contribution in [3.8, 4) is 5.75 Å². The molecule has 5 heteroatoms. The lowest BCUT2D eigenvalue weighted by atomic mass is 10.1. The normalized spacial score (nSPS) is 10.4. The van der Waals surface area contributed by atoms with Crippen molar-refractivity contribution in [1.82, 2.24) is 0 Å². The lowest BCUT2D eigenvalue weighted by Gasteiger charge is -2.12. The van der Waals surface area contributed by atoms with Crippen LogP contribution >= 0.6 is 0 Å². The summed E-state index contributed by atoms with van der Waals surface area (Å²) in [6.07, 6.45) is 0. The molecule has 1 N–H and O–H groups in total. The highest BCUT2D eigenvalue weighted by atomic mass is 19.2. The second-order valence-corrected chi connectivity index (χ2v) is 4.42. The molecule has 2 aromatic carbocycles. The molecule has 0 amide bonds. The molecule has 0 aromatic heterocycles. The van der Waals surface area contributed by atoms with Crippen LogP contribution in [0.25, 0.3) is 0 Å². The number of anilines is 1. The van der Waals surface area contributed by atoms with Crippen LogP contribution in [0.4, 0.5) is 18.9 Å². The molecule has 0 unspecified atom stereocenters. The summed E-state index contributed by atoms with van der Waals surface area (Å²) in [6.45, 7) is 2.25. The molecule has 2 aromatic rings. The molecule has 0 saturated carbocycles. The molecule has 2 rings (SSSR count). The van der Waals surface area contributed by atoms with Crippen LogP contribution in [0.3, 0.4) is 0 Å². The molecule has 0 fully saturated rings. The van der Waals surface area contributed by atoms with Gasteiger partial charge in [-0.3, -0.25) is 0 Å². The van der Waals surface area contributed by atoms with Crippen molar-refractivity contribution in [1.29, 1.82) is 0 Å². The van der Waals surface area contributed by atoms with Crippen LogP contribution in [0.1, 0.15) is 11.1 Å². The minimum Gasteiger partial charge on any atom is -0.496 e. The van der Waals surface area contributed by atoms with E-state index in [0.717, 1.165) is 23.3 Å². The summed E-state index contributed by atoms with van der Waals surface area (Å²) in [5.41, 5.74) is 2.06. The Labute approximate surface area is 115 Å². The fraction of sp³-hybridized carbons (Fsp3) is 0.200. The van der Waals surface area contributed by atoms with E-state index in [-0.39, 0.29) is 5.69 Å². The molecular weight excluding hydrogens is 267 g/mol. The van der Waals surface area contributed by atoms with E-state index < -0.39 is 17.5 Å². The Morgan fingerprint density at radius 1 is 1.05 bits per heavy atom. The van der Waals surface area contributed by atoms with E-state index >= 15 is 0 Å². The quantitative estimate of drug-likeness (QED) is 0.854. The highest BCUT2D eigenvalue weighted by Crippen LogP contribution is 2.22. The monoisotopic (exact) mass is 281 g/mol. The van der Waals surface area contributed by atoms with E-state index in [2.05, 4.69) is 5.32 Å². The Hall–Kier alpha value is -2.17. The van der Waals surface area contributed by atoms with Gasteiger partial charge < -0.3 is 10.1 Å². The molecule has 0 heterocycles. The Balaban J connectivity index is 2.18. The van der Waals surface area contributed by atoms with Gasteiger partial charge >= 0.3 is 0 Å². The molecule has 0 saturated heterocycles. The zero-order valence-corrected chi connectivity index (χ0v) is 11.1. The number of aryl methyl sites for hydroxylation is 1. The number of benzene rings is 2. The van der Waals surface area contributed by atoms with Gasteiger partial charge in [0.2, 0.25) is 0 Å². The van der Waals surface area contributed by atoms with Gasteiger partial charge in [-0.05, 0) is 13.0 Å². The summed E-state index contributed by atoms with van der Waals surface area (Å²) >= 11 is 0. The van der Waals surface area contributed by atoms with Crippen molar-refractivity contribution in [3.05, 3.63) is 58.9 Å². The van der Waals surface area contributed by atoms with Crippen LogP contribution in [0.15, 0.2) is 30.3 Å². The van der Waals surface area contributed by atoms with Crippen LogP contribution in [-0.2, 0) is 6.54 Å². The predicted octanol–water partition coefficient (Wildman–Crippen LogP) is 4.03. The Morgan fingerprint density at radius 3 is 2.30 bits per heavy atom. The van der Waals surface area contributed by atoms with Crippen LogP contribution in [0, 0.1) is 24.4 Å². The van der Waals surface area contributed by atoms with E-state index in [1.165, 1.54) is 0 Å². The molecule has 0 aliphatic heterocycles. The first-order valence-electron chi connectivity index (χ1n) is 6.03. The second kappa shape index (κ2) is 5.86. The summed E-state index contributed by atoms with van der Waals surface area (Å²) in [6, 6.07) is 7.46. The lowest BCUT2D eigenvalue weighted by Crippen LogP contribution is -2.04. The van der Waals surface area contributed by atoms with E-state index in [4.69, 9.17) is 4.74 Å². The van der Waals surface area contributed by atoms with Crippen LogP contribution in [0.5, 0.6) is 5.75 Å². The number of halogens is 3. The largest absolute Gasteiger partial charge is 0.496 e. The van der Waals surface area contributed by atoms with Crippen molar-refractivity contribution >= 4 is 5.69 Å². The third-order valence-corrected chi connectivity index (χ3v) is 2.90. The molecule has 0 bridgehead atoms. The zero-order valence-electron chi connectivity index (χ0n) is 11.1. The Kier molecular flexibility index (Phi) is 4.17. The predicted molar refractivity (Wildman–Crippen MR) is 71.4 cm³/mol. The molecule has 0 radical (unpaired) electrons. The first-order chi connectivity index (χ1) is 9.51. The lowest BCUT2D eigenvalue weighted by molar-refractivity contribution is 0.410. The van der Waals surface area contributed by atoms with Crippen LogP contribution < -0.4 is 10.1 Å². The number of rotatable bonds is 4. The van der Waals surface area contributed by atoms with Gasteiger partial charge in [0.05, 0.1) is 7.11 Å². The number of hydrogen-bond donors (Lipinski definition) is 1. The van der Waals surface area contributed by atoms with Crippen molar-refractivity contribution in [2.45, 2.75) is 13.5 Å². The van der Waals surface area contributed by atoms with Crippen LogP contribution in [-0.4, -0.2) is 7.11 Å². The molecule has 106 valence electrons. The zero-order chi connectivity index (χ0) is 14.7. The molecule has 0 aliphatic carbocycles. The van der Waals surface area contributed by atoms with E-state index in [0.29, 0.717) is 12.3 Å². The highest BCUT2D eigenvalue weighted by molar-refractivity contribution is 5.46. The van der Waals surface area contributed by atoms with Crippen molar-refractivity contribution in [3.63, 3.8) is 0 Å². The number of methoxy groups -OCH3 is 1. The van der Waals surface area contributed by atoms with Crippen molar-refractivity contribution in [2.24, 2.45) is 0 Å². The SMILES string of the molecule is COc1ccc(C)cc1CNc1cc(F)c(F)c(F)c1. The van der Waals surface area contributed by atoms with Gasteiger partial charge in [-0.2, -0.15) is 0 Å². The fourth-order valence-electron chi connectivity index (χ4n) is 1.90. The second-order valence-electron chi connectivity index (χ2n) is 4.42. The topological polar surface area (TPSA) is 21.3 Å². The molecule has 20 heavy (non-hydrogen) atoms. The smallest absolute Gasteiger partial charge is 0.194 e. The molecule has 0 spiro atoms. The van der Waals surface area contributed by atoms with Gasteiger partial charge in [-0.25, -0.2) is 13.2 Å². The molecule has 2 nitrogen and oxygen atoms in total. The van der Waals surface area contributed by atoms with E-state index in [1.807, 2.05) is 25.1 Å². The Morgan fingerprint density at radius 2 is 1.70 bits per heavy atom. The number of nitrogens with one attached hydrogen (secondary N) is 1. The van der Waals surface area contributed by atoms with Gasteiger partial charge in [-0.15, -0.1) is 0 Å². The van der Waals surface area contributed by atoms with Crippen molar-refractivity contribution < 1.29 is 17.9 Å².